The van der Waals surface area contributed by atoms with E-state index in [2.05, 4.69) is 15.4 Å². The minimum atomic E-state index is -1.33. The average molecular weight is 357 g/mol. The summed E-state index contributed by atoms with van der Waals surface area (Å²) in [4.78, 5) is 35.3. The van der Waals surface area contributed by atoms with Gasteiger partial charge in [0, 0.05) is 0 Å². The number of hydrogen-bond donors (Lipinski definition) is 2. The molecule has 2 atom stereocenters. The fourth-order valence-corrected chi connectivity index (χ4v) is 2.00. The maximum atomic E-state index is 12.2. The molecule has 1 rings (SSSR count). The van der Waals surface area contributed by atoms with E-state index in [1.165, 1.54) is 0 Å². The van der Waals surface area contributed by atoms with Gasteiger partial charge >= 0.3 is 12.1 Å². The topological polar surface area (TPSA) is 93.7 Å². The number of alkyl halides is 1. The molecule has 2 N–H and O–H groups in total. The van der Waals surface area contributed by atoms with Crippen LogP contribution in [0.15, 0.2) is 30.3 Å². The summed E-state index contributed by atoms with van der Waals surface area (Å²) in [6, 6.07) is 8.23. The van der Waals surface area contributed by atoms with Gasteiger partial charge in [-0.15, -0.1) is 0 Å². The van der Waals surface area contributed by atoms with Gasteiger partial charge in [-0.3, -0.25) is 4.79 Å². The van der Waals surface area contributed by atoms with Crippen molar-refractivity contribution in [3.63, 3.8) is 0 Å². The molecule has 0 heterocycles. The first-order chi connectivity index (χ1) is 11.3. The number of esters is 1. The summed E-state index contributed by atoms with van der Waals surface area (Å²) in [6.45, 7) is 3.56. The van der Waals surface area contributed by atoms with Crippen LogP contribution in [0.3, 0.4) is 0 Å². The number of nitrogens with one attached hydrogen (secondary N) is 2. The third-order valence-corrected chi connectivity index (χ3v) is 3.40. The molecule has 1 aromatic carbocycles. The van der Waals surface area contributed by atoms with Crippen LogP contribution in [0.2, 0.25) is 0 Å². The van der Waals surface area contributed by atoms with Crippen LogP contribution in [-0.4, -0.2) is 36.6 Å². The second-order valence-corrected chi connectivity index (χ2v) is 5.76. The Labute approximate surface area is 145 Å². The van der Waals surface area contributed by atoms with E-state index < -0.39 is 29.5 Å². The molecule has 1 unspecified atom stereocenters. The minimum absolute atomic E-state index is 0.0827. The Bertz CT molecular complexity index is 565. The molecule has 2 amide bonds. The van der Waals surface area contributed by atoms with E-state index in [0.717, 1.165) is 12.7 Å². The van der Waals surface area contributed by atoms with Gasteiger partial charge in [-0.25, -0.2) is 9.59 Å². The zero-order valence-electron chi connectivity index (χ0n) is 13.7. The summed E-state index contributed by atoms with van der Waals surface area (Å²) in [5, 5.41) is 4.74. The number of rotatable bonds is 7. The Balaban J connectivity index is 2.56. The van der Waals surface area contributed by atoms with Crippen molar-refractivity contribution in [2.45, 2.75) is 32.0 Å². The molecular weight excluding hydrogens is 336 g/mol. The Morgan fingerprint density at radius 1 is 1.12 bits per heavy atom. The molecule has 0 radical (unpaired) electrons. The summed E-state index contributed by atoms with van der Waals surface area (Å²) >= 11 is 5.70. The van der Waals surface area contributed by atoms with Gasteiger partial charge in [0.2, 0.25) is 11.4 Å². The molecular formula is C16H21ClN2O5. The van der Waals surface area contributed by atoms with Gasteiger partial charge in [-0.2, -0.15) is 0 Å². The smallest absolute Gasteiger partial charge is 0.408 e. The summed E-state index contributed by atoms with van der Waals surface area (Å²) in [5.74, 6) is -1.64. The lowest BCUT2D eigenvalue weighted by Gasteiger charge is -2.22. The lowest BCUT2D eigenvalue weighted by atomic mass is 10.0. The van der Waals surface area contributed by atoms with E-state index in [4.69, 9.17) is 16.3 Å². The lowest BCUT2D eigenvalue weighted by molar-refractivity contribution is -0.142. The molecule has 24 heavy (non-hydrogen) atoms. The van der Waals surface area contributed by atoms with E-state index in [1.807, 2.05) is 30.3 Å². The normalized spacial score (nSPS) is 12.9. The van der Waals surface area contributed by atoms with Gasteiger partial charge in [0.25, 0.3) is 0 Å². The molecule has 1 aromatic rings. The quantitative estimate of drug-likeness (QED) is 0.441. The van der Waals surface area contributed by atoms with Crippen LogP contribution < -0.4 is 10.6 Å². The molecule has 0 saturated heterocycles. The van der Waals surface area contributed by atoms with Crippen molar-refractivity contribution in [3.05, 3.63) is 35.9 Å². The molecule has 132 valence electrons. The summed E-state index contributed by atoms with van der Waals surface area (Å²) in [6.07, 6.45) is -0.739. The van der Waals surface area contributed by atoms with Crippen molar-refractivity contribution in [2.75, 3.05) is 7.11 Å². The zero-order valence-corrected chi connectivity index (χ0v) is 14.5. The fraction of sp³-hybridized carbons (Fsp3) is 0.438. The maximum Gasteiger partial charge on any atom is 0.408 e. The van der Waals surface area contributed by atoms with Crippen LogP contribution in [0.5, 0.6) is 0 Å². The van der Waals surface area contributed by atoms with E-state index >= 15 is 0 Å². The van der Waals surface area contributed by atoms with Crippen LogP contribution >= 0.6 is 11.6 Å². The molecule has 0 aliphatic carbocycles. The molecule has 0 aliphatic rings. The number of methoxy groups -OCH3 is 1. The standard InChI is InChI=1S/C16H21ClN2O5/c1-10(2)12(14(20)19-13(17)15(21)23-3)18-16(22)24-9-11-7-5-4-6-8-11/h4-8,10,12-13H,9H2,1-3H3,(H,18,22)(H,19,20)/t12-,13?/m0/s1. The molecule has 0 spiro atoms. The number of ether oxygens (including phenoxy) is 2. The van der Waals surface area contributed by atoms with E-state index in [9.17, 15) is 14.4 Å². The van der Waals surface area contributed by atoms with Crippen molar-refractivity contribution in [1.82, 2.24) is 10.6 Å². The van der Waals surface area contributed by atoms with Gasteiger partial charge in [-0.1, -0.05) is 55.8 Å². The predicted octanol–water partition coefficient (Wildman–Crippen LogP) is 1.79. The number of hydrogen-bond acceptors (Lipinski definition) is 5. The summed E-state index contributed by atoms with van der Waals surface area (Å²) < 4.78 is 9.50. The SMILES string of the molecule is COC(=O)C(Cl)NC(=O)[C@@H](NC(=O)OCc1ccccc1)C(C)C. The largest absolute Gasteiger partial charge is 0.467 e. The second kappa shape index (κ2) is 9.77. The summed E-state index contributed by atoms with van der Waals surface area (Å²) in [5.41, 5.74) is -0.504. The van der Waals surface area contributed by atoms with E-state index in [0.29, 0.717) is 0 Å². The molecule has 0 bridgehead atoms. The molecule has 0 saturated carbocycles. The van der Waals surface area contributed by atoms with Crippen molar-refractivity contribution < 1.29 is 23.9 Å². The zero-order chi connectivity index (χ0) is 18.1. The van der Waals surface area contributed by atoms with Crippen LogP contribution in [0.1, 0.15) is 19.4 Å². The highest BCUT2D eigenvalue weighted by atomic mass is 35.5. The molecule has 0 fully saturated rings. The van der Waals surface area contributed by atoms with Crippen LogP contribution in [0, 0.1) is 5.92 Å². The number of carbonyl (C=O) groups excluding carboxylic acids is 3. The van der Waals surface area contributed by atoms with Crippen molar-refractivity contribution in [2.24, 2.45) is 5.92 Å². The van der Waals surface area contributed by atoms with Crippen LogP contribution in [0.25, 0.3) is 0 Å². The first-order valence-corrected chi connectivity index (χ1v) is 7.78. The van der Waals surface area contributed by atoms with Crippen molar-refractivity contribution >= 4 is 29.6 Å². The minimum Gasteiger partial charge on any atom is -0.467 e. The molecule has 7 nitrogen and oxygen atoms in total. The third kappa shape index (κ3) is 6.45. The maximum absolute atomic E-state index is 12.2. The number of benzene rings is 1. The average Bonchev–Trinajstić information content (AvgIpc) is 2.57. The Morgan fingerprint density at radius 3 is 2.29 bits per heavy atom. The van der Waals surface area contributed by atoms with Gasteiger partial charge in [0.05, 0.1) is 7.11 Å². The molecule has 8 heteroatoms. The highest BCUT2D eigenvalue weighted by Gasteiger charge is 2.28. The number of halogens is 1. The third-order valence-electron chi connectivity index (χ3n) is 3.11. The first-order valence-electron chi connectivity index (χ1n) is 7.34. The predicted molar refractivity (Wildman–Crippen MR) is 88.2 cm³/mol. The summed E-state index contributed by atoms with van der Waals surface area (Å²) in [7, 11) is 1.16. The Morgan fingerprint density at radius 2 is 1.75 bits per heavy atom. The molecule has 0 aromatic heterocycles. The monoisotopic (exact) mass is 356 g/mol. The van der Waals surface area contributed by atoms with E-state index in [-0.39, 0.29) is 12.5 Å². The second-order valence-electron chi connectivity index (χ2n) is 5.32. The number of amides is 2. The van der Waals surface area contributed by atoms with Crippen molar-refractivity contribution in [1.29, 1.82) is 0 Å². The fourth-order valence-electron chi connectivity index (χ4n) is 1.80. The van der Waals surface area contributed by atoms with Crippen molar-refractivity contribution in [3.8, 4) is 0 Å². The van der Waals surface area contributed by atoms with Gasteiger partial charge < -0.3 is 20.1 Å². The van der Waals surface area contributed by atoms with Gasteiger partial charge in [-0.05, 0) is 11.5 Å². The highest BCUT2D eigenvalue weighted by molar-refractivity contribution is 6.30. The van der Waals surface area contributed by atoms with Gasteiger partial charge in [0.1, 0.15) is 12.6 Å². The number of carbonyl (C=O) groups is 3. The molecule has 0 aliphatic heterocycles. The first kappa shape index (κ1) is 19.8. The van der Waals surface area contributed by atoms with Crippen LogP contribution in [-0.2, 0) is 25.7 Å². The van der Waals surface area contributed by atoms with Crippen LogP contribution in [0.4, 0.5) is 4.79 Å². The lowest BCUT2D eigenvalue weighted by Crippen LogP contribution is -2.52. The highest BCUT2D eigenvalue weighted by Crippen LogP contribution is 2.06. The Kier molecular flexibility index (Phi) is 8.05. The van der Waals surface area contributed by atoms with Gasteiger partial charge in [0.15, 0.2) is 0 Å². The number of alkyl carbamates (subject to hydrolysis) is 1. The van der Waals surface area contributed by atoms with E-state index in [1.54, 1.807) is 13.8 Å². The Hall–Kier alpha value is -2.28.